The molecule has 0 atom stereocenters. The summed E-state index contributed by atoms with van der Waals surface area (Å²) in [5, 5.41) is 10.1. The number of esters is 1. The Bertz CT molecular complexity index is 815. The molecule has 0 aliphatic carbocycles. The maximum atomic E-state index is 12.1. The number of methoxy groups -OCH3 is 1. The van der Waals surface area contributed by atoms with Crippen molar-refractivity contribution in [3.63, 3.8) is 0 Å². The fourth-order valence-corrected chi connectivity index (χ4v) is 2.10. The van der Waals surface area contributed by atoms with Crippen LogP contribution in [0, 0.1) is 5.41 Å². The van der Waals surface area contributed by atoms with Crippen molar-refractivity contribution in [3.8, 4) is 5.75 Å². The standard InChI is InChI=1S/C18H22ClN5O3/c1-5-27-18(25)11(2)14(9-15(19)22-3)24-13-8-6-7-12(16(13)26-4)17(21)23-10-20/h6-10,22H,2,5H2,1,3-4H3,(H3,20,21,23)/b15-9-,24-14?. The number of para-hydroxylation sites is 1. The van der Waals surface area contributed by atoms with E-state index in [2.05, 4.69) is 21.9 Å². The molecule has 144 valence electrons. The fourth-order valence-electron chi connectivity index (χ4n) is 2.00. The molecule has 1 aromatic rings. The number of benzene rings is 1. The van der Waals surface area contributed by atoms with Gasteiger partial charge in [-0.2, -0.15) is 0 Å². The summed E-state index contributed by atoms with van der Waals surface area (Å²) in [5.41, 5.74) is 6.90. The minimum absolute atomic E-state index is 0.0267. The minimum Gasteiger partial charge on any atom is -0.494 e. The van der Waals surface area contributed by atoms with E-state index in [1.54, 1.807) is 32.2 Å². The van der Waals surface area contributed by atoms with Crippen LogP contribution in [0.5, 0.6) is 5.75 Å². The molecule has 27 heavy (non-hydrogen) atoms. The molecular weight excluding hydrogens is 370 g/mol. The molecule has 0 saturated heterocycles. The van der Waals surface area contributed by atoms with Crippen molar-refractivity contribution in [1.82, 2.24) is 5.32 Å². The minimum atomic E-state index is -0.618. The van der Waals surface area contributed by atoms with Crippen LogP contribution in [0.1, 0.15) is 12.5 Å². The first-order valence-corrected chi connectivity index (χ1v) is 8.26. The van der Waals surface area contributed by atoms with E-state index in [0.29, 0.717) is 17.0 Å². The van der Waals surface area contributed by atoms with Gasteiger partial charge in [0.2, 0.25) is 0 Å². The summed E-state index contributed by atoms with van der Waals surface area (Å²) < 4.78 is 10.4. The molecule has 8 nitrogen and oxygen atoms in total. The van der Waals surface area contributed by atoms with Gasteiger partial charge in [0.15, 0.2) is 5.75 Å². The van der Waals surface area contributed by atoms with Crippen molar-refractivity contribution in [3.05, 3.63) is 47.1 Å². The summed E-state index contributed by atoms with van der Waals surface area (Å²) in [6.45, 7) is 5.63. The van der Waals surface area contributed by atoms with Gasteiger partial charge in [-0.15, -0.1) is 0 Å². The lowest BCUT2D eigenvalue weighted by molar-refractivity contribution is -0.137. The number of carbonyl (C=O) groups is 1. The highest BCUT2D eigenvalue weighted by Crippen LogP contribution is 2.32. The highest BCUT2D eigenvalue weighted by Gasteiger charge is 2.17. The van der Waals surface area contributed by atoms with E-state index in [9.17, 15) is 4.79 Å². The Morgan fingerprint density at radius 3 is 2.74 bits per heavy atom. The predicted molar refractivity (Wildman–Crippen MR) is 108 cm³/mol. The molecule has 0 amide bonds. The summed E-state index contributed by atoms with van der Waals surface area (Å²) in [6.07, 6.45) is 2.27. The molecule has 0 unspecified atom stereocenters. The maximum absolute atomic E-state index is 12.1. The van der Waals surface area contributed by atoms with Gasteiger partial charge in [0.1, 0.15) is 23.0 Å². The number of hydrogen-bond acceptors (Lipinski definition) is 6. The molecule has 0 heterocycles. The molecule has 0 fully saturated rings. The summed E-state index contributed by atoms with van der Waals surface area (Å²) >= 11 is 6.03. The smallest absolute Gasteiger partial charge is 0.339 e. The van der Waals surface area contributed by atoms with Gasteiger partial charge in [-0.3, -0.25) is 5.41 Å². The van der Waals surface area contributed by atoms with Gasteiger partial charge in [-0.05, 0) is 25.1 Å². The number of allylic oxidation sites excluding steroid dienone is 1. The third-order valence-corrected chi connectivity index (χ3v) is 3.55. The van der Waals surface area contributed by atoms with Crippen LogP contribution in [0.2, 0.25) is 0 Å². The van der Waals surface area contributed by atoms with Gasteiger partial charge in [-0.1, -0.05) is 24.2 Å². The van der Waals surface area contributed by atoms with Crippen LogP contribution in [-0.2, 0) is 9.53 Å². The van der Waals surface area contributed by atoms with E-state index >= 15 is 0 Å². The van der Waals surface area contributed by atoms with Gasteiger partial charge < -0.3 is 20.5 Å². The van der Waals surface area contributed by atoms with E-state index in [1.165, 1.54) is 13.2 Å². The highest BCUT2D eigenvalue weighted by atomic mass is 35.5. The Morgan fingerprint density at radius 1 is 1.48 bits per heavy atom. The molecule has 1 rings (SSSR count). The molecule has 0 aromatic heterocycles. The molecule has 0 aliphatic rings. The van der Waals surface area contributed by atoms with E-state index in [0.717, 1.165) is 6.34 Å². The predicted octanol–water partition coefficient (Wildman–Crippen LogP) is 2.50. The van der Waals surface area contributed by atoms with E-state index in [1.807, 2.05) is 0 Å². The Kier molecular flexibility index (Phi) is 8.74. The van der Waals surface area contributed by atoms with Crippen LogP contribution in [0.4, 0.5) is 5.69 Å². The summed E-state index contributed by atoms with van der Waals surface area (Å²) in [5.74, 6) is -0.203. The lowest BCUT2D eigenvalue weighted by Gasteiger charge is -2.12. The zero-order valence-corrected chi connectivity index (χ0v) is 16.1. The number of aliphatic imine (C=N–C) groups is 2. The first kappa shape index (κ1) is 21.9. The number of ether oxygens (including phenoxy) is 2. The van der Waals surface area contributed by atoms with Crippen molar-refractivity contribution in [1.29, 1.82) is 5.41 Å². The maximum Gasteiger partial charge on any atom is 0.339 e. The van der Waals surface area contributed by atoms with E-state index < -0.39 is 5.97 Å². The lowest BCUT2D eigenvalue weighted by Crippen LogP contribution is -2.16. The largest absolute Gasteiger partial charge is 0.494 e. The van der Waals surface area contributed by atoms with Gasteiger partial charge in [-0.25, -0.2) is 14.8 Å². The van der Waals surface area contributed by atoms with Crippen molar-refractivity contribution >= 4 is 41.1 Å². The highest BCUT2D eigenvalue weighted by molar-refractivity contribution is 6.34. The monoisotopic (exact) mass is 391 g/mol. The van der Waals surface area contributed by atoms with Crippen LogP contribution < -0.4 is 15.8 Å². The van der Waals surface area contributed by atoms with Crippen LogP contribution in [0.3, 0.4) is 0 Å². The zero-order valence-electron chi connectivity index (χ0n) is 15.4. The molecular formula is C18H22ClN5O3. The second-order valence-corrected chi connectivity index (χ2v) is 5.35. The second-order valence-electron chi connectivity index (χ2n) is 4.94. The number of amidine groups is 1. The van der Waals surface area contributed by atoms with Crippen molar-refractivity contribution in [2.45, 2.75) is 6.92 Å². The number of hydrogen-bond donors (Lipinski definition) is 3. The molecule has 0 spiro atoms. The van der Waals surface area contributed by atoms with Gasteiger partial charge in [0, 0.05) is 7.05 Å². The quantitative estimate of drug-likeness (QED) is 0.196. The topological polar surface area (TPSA) is 122 Å². The Hall–Kier alpha value is -3.13. The average molecular weight is 392 g/mol. The van der Waals surface area contributed by atoms with Gasteiger partial charge in [0.05, 0.1) is 30.6 Å². The summed E-state index contributed by atoms with van der Waals surface area (Å²) in [7, 11) is 3.07. The number of halogens is 1. The number of carbonyl (C=O) groups excluding carboxylic acids is 1. The molecule has 9 heteroatoms. The summed E-state index contributed by atoms with van der Waals surface area (Å²) in [6, 6.07) is 5.03. The Morgan fingerprint density at radius 2 is 2.19 bits per heavy atom. The zero-order chi connectivity index (χ0) is 20.4. The molecule has 0 aliphatic heterocycles. The van der Waals surface area contributed by atoms with Gasteiger partial charge >= 0.3 is 5.97 Å². The Labute approximate surface area is 162 Å². The number of nitrogens with one attached hydrogen (secondary N) is 2. The molecule has 4 N–H and O–H groups in total. The van der Waals surface area contributed by atoms with Crippen LogP contribution in [0.25, 0.3) is 0 Å². The van der Waals surface area contributed by atoms with Gasteiger partial charge in [0.25, 0.3) is 0 Å². The first-order valence-electron chi connectivity index (χ1n) is 7.89. The molecule has 1 aromatic carbocycles. The van der Waals surface area contributed by atoms with Crippen LogP contribution in [-0.4, -0.2) is 44.6 Å². The Balaban J connectivity index is 3.57. The number of nitrogens with two attached hydrogens (primary N) is 1. The molecule has 0 radical (unpaired) electrons. The van der Waals surface area contributed by atoms with Crippen LogP contribution in [0.15, 0.2) is 51.6 Å². The van der Waals surface area contributed by atoms with Crippen molar-refractivity contribution in [2.24, 2.45) is 15.7 Å². The third-order valence-electron chi connectivity index (χ3n) is 3.25. The normalized spacial score (nSPS) is 12.4. The average Bonchev–Trinajstić information content (AvgIpc) is 2.66. The van der Waals surface area contributed by atoms with Crippen LogP contribution >= 0.6 is 11.6 Å². The van der Waals surface area contributed by atoms with Crippen molar-refractivity contribution in [2.75, 3.05) is 20.8 Å². The van der Waals surface area contributed by atoms with E-state index in [4.69, 9.17) is 32.2 Å². The number of nitrogens with zero attached hydrogens (tertiary/aromatic N) is 2. The fraction of sp³-hybridized carbons (Fsp3) is 0.222. The number of rotatable bonds is 9. The summed E-state index contributed by atoms with van der Waals surface area (Å²) in [4.78, 5) is 20.3. The third kappa shape index (κ3) is 5.96. The SMILES string of the molecule is C=C(C(=O)OCC)C(/C=C(/Cl)NC)=Nc1cccc(C(N)=NC=N)c1OC. The second kappa shape index (κ2) is 10.8. The first-order chi connectivity index (χ1) is 12.9. The molecule has 0 bridgehead atoms. The van der Waals surface area contributed by atoms with Crippen molar-refractivity contribution < 1.29 is 14.3 Å². The molecule has 0 saturated carbocycles. The lowest BCUT2D eigenvalue weighted by atomic mass is 10.1. The van der Waals surface area contributed by atoms with E-state index in [-0.39, 0.29) is 28.9 Å².